The number of benzene rings is 1. The molecule has 2 heterocycles. The molecule has 1 aromatic carbocycles. The van der Waals surface area contributed by atoms with Crippen LogP contribution in [-0.2, 0) is 13.0 Å². The summed E-state index contributed by atoms with van der Waals surface area (Å²) >= 11 is 0. The molecule has 4 heteroatoms. The molecule has 0 bridgehead atoms. The summed E-state index contributed by atoms with van der Waals surface area (Å²) in [7, 11) is 0. The van der Waals surface area contributed by atoms with Gasteiger partial charge in [0, 0.05) is 44.3 Å². The third kappa shape index (κ3) is 3.15. The van der Waals surface area contributed by atoms with Gasteiger partial charge in [0.25, 0.3) is 5.91 Å². The Morgan fingerprint density at radius 2 is 1.96 bits per heavy atom. The average Bonchev–Trinajstić information content (AvgIpc) is 2.78. The van der Waals surface area contributed by atoms with Crippen molar-refractivity contribution in [3.05, 3.63) is 34.9 Å². The van der Waals surface area contributed by atoms with Gasteiger partial charge < -0.3 is 10.2 Å². The second-order valence-corrected chi connectivity index (χ2v) is 7.18. The van der Waals surface area contributed by atoms with Crippen LogP contribution < -0.4 is 5.32 Å². The van der Waals surface area contributed by atoms with Crippen molar-refractivity contribution < 1.29 is 4.79 Å². The number of fused-ring (bicyclic) bond motifs is 1. The molecule has 4 rings (SSSR count). The van der Waals surface area contributed by atoms with Crippen molar-refractivity contribution in [1.82, 2.24) is 15.1 Å². The molecule has 1 saturated carbocycles. The molecule has 0 radical (unpaired) electrons. The molecule has 1 aliphatic carbocycles. The number of hydrogen-bond acceptors (Lipinski definition) is 3. The molecule has 2 fully saturated rings. The summed E-state index contributed by atoms with van der Waals surface area (Å²) in [6.45, 7) is 5.94. The van der Waals surface area contributed by atoms with E-state index in [4.69, 9.17) is 0 Å². The van der Waals surface area contributed by atoms with Crippen LogP contribution in [0, 0.1) is 0 Å². The van der Waals surface area contributed by atoms with Gasteiger partial charge in [0.2, 0.25) is 0 Å². The first-order valence-electron chi connectivity index (χ1n) is 9.17. The van der Waals surface area contributed by atoms with Gasteiger partial charge in [0.15, 0.2) is 0 Å². The van der Waals surface area contributed by atoms with Gasteiger partial charge in [0.1, 0.15) is 0 Å². The Balaban J connectivity index is 1.44. The Labute approximate surface area is 138 Å². The van der Waals surface area contributed by atoms with Gasteiger partial charge in [-0.25, -0.2) is 0 Å². The number of nitrogens with zero attached hydrogens (tertiary/aromatic N) is 2. The monoisotopic (exact) mass is 313 g/mol. The number of nitrogens with one attached hydrogen (secondary N) is 1. The van der Waals surface area contributed by atoms with Crippen molar-refractivity contribution in [2.45, 2.75) is 44.7 Å². The molecule has 1 N–H and O–H groups in total. The second-order valence-electron chi connectivity index (χ2n) is 7.18. The number of carbonyl (C=O) groups excluding carboxylic acids is 1. The lowest BCUT2D eigenvalue weighted by Gasteiger charge is -2.36. The lowest BCUT2D eigenvalue weighted by Crippen LogP contribution is -2.42. The average molecular weight is 313 g/mol. The molecule has 0 aromatic heterocycles. The summed E-state index contributed by atoms with van der Waals surface area (Å²) < 4.78 is 0. The first-order valence-corrected chi connectivity index (χ1v) is 9.17. The van der Waals surface area contributed by atoms with Crippen molar-refractivity contribution in [2.24, 2.45) is 0 Å². The largest absolute Gasteiger partial charge is 0.337 e. The lowest BCUT2D eigenvalue weighted by molar-refractivity contribution is 0.0749. The van der Waals surface area contributed by atoms with Crippen LogP contribution in [0.25, 0.3) is 0 Å². The van der Waals surface area contributed by atoms with Crippen molar-refractivity contribution in [1.29, 1.82) is 0 Å². The highest BCUT2D eigenvalue weighted by molar-refractivity contribution is 5.94. The fraction of sp³-hybridized carbons (Fsp3) is 0.632. The summed E-state index contributed by atoms with van der Waals surface area (Å²) in [5.74, 6) is 0.224. The Bertz CT molecular complexity index is 582. The summed E-state index contributed by atoms with van der Waals surface area (Å²) in [6.07, 6.45) is 6.23. The van der Waals surface area contributed by atoms with Crippen molar-refractivity contribution in [3.8, 4) is 0 Å². The first-order chi connectivity index (χ1) is 11.3. The zero-order valence-corrected chi connectivity index (χ0v) is 13.9. The van der Waals surface area contributed by atoms with Gasteiger partial charge in [-0.15, -0.1) is 0 Å². The molecule has 0 unspecified atom stereocenters. The van der Waals surface area contributed by atoms with Crippen LogP contribution in [0.5, 0.6) is 0 Å². The third-order valence-electron chi connectivity index (χ3n) is 5.75. The molecule has 0 spiro atoms. The Morgan fingerprint density at radius 3 is 2.78 bits per heavy atom. The minimum absolute atomic E-state index is 0.224. The predicted molar refractivity (Wildman–Crippen MR) is 91.6 cm³/mol. The molecule has 0 atom stereocenters. The minimum Gasteiger partial charge on any atom is -0.337 e. The van der Waals surface area contributed by atoms with Crippen LogP contribution in [0.1, 0.15) is 47.2 Å². The van der Waals surface area contributed by atoms with E-state index < -0.39 is 0 Å². The number of carbonyl (C=O) groups is 1. The summed E-state index contributed by atoms with van der Waals surface area (Å²) in [4.78, 5) is 17.6. The van der Waals surface area contributed by atoms with Crippen LogP contribution in [-0.4, -0.2) is 54.5 Å². The van der Waals surface area contributed by atoms with Gasteiger partial charge in [-0.3, -0.25) is 9.69 Å². The molecule has 1 saturated heterocycles. The van der Waals surface area contributed by atoms with E-state index in [-0.39, 0.29) is 5.91 Å². The van der Waals surface area contributed by atoms with Gasteiger partial charge in [-0.2, -0.15) is 0 Å². The number of rotatable bonds is 2. The van der Waals surface area contributed by atoms with Crippen LogP contribution >= 0.6 is 0 Å². The predicted octanol–water partition coefficient (Wildman–Crippen LogP) is 2.03. The highest BCUT2D eigenvalue weighted by Crippen LogP contribution is 2.26. The fourth-order valence-corrected chi connectivity index (χ4v) is 4.05. The Hall–Kier alpha value is -1.39. The number of hydrogen-bond donors (Lipinski definition) is 1. The van der Waals surface area contributed by atoms with Crippen LogP contribution in [0.3, 0.4) is 0 Å². The maximum Gasteiger partial charge on any atom is 0.253 e. The third-order valence-corrected chi connectivity index (χ3v) is 5.75. The first kappa shape index (κ1) is 15.2. The van der Waals surface area contributed by atoms with E-state index >= 15 is 0 Å². The highest BCUT2D eigenvalue weighted by Gasteiger charge is 2.28. The Kier molecular flexibility index (Phi) is 4.36. The van der Waals surface area contributed by atoms with Gasteiger partial charge in [-0.1, -0.05) is 12.5 Å². The summed E-state index contributed by atoms with van der Waals surface area (Å²) in [6, 6.07) is 7.07. The van der Waals surface area contributed by atoms with E-state index in [1.54, 1.807) is 0 Å². The highest BCUT2D eigenvalue weighted by atomic mass is 16.2. The Morgan fingerprint density at radius 1 is 1.04 bits per heavy atom. The topological polar surface area (TPSA) is 35.6 Å². The molecule has 2 aliphatic heterocycles. The standard InChI is InChI=1S/C19H27N3O/c23-19(16-5-6-17-14-20-8-7-15(17)13-16)22-10-2-9-21(11-12-22)18-3-1-4-18/h5-6,13,18,20H,1-4,7-12,14H2. The zero-order chi connectivity index (χ0) is 15.6. The molecule has 124 valence electrons. The van der Waals surface area contributed by atoms with E-state index in [0.29, 0.717) is 0 Å². The van der Waals surface area contributed by atoms with Crippen LogP contribution in [0.2, 0.25) is 0 Å². The molecular formula is C19H27N3O. The SMILES string of the molecule is O=C(c1ccc2c(c1)CCNC2)N1CCCN(C2CCC2)CC1. The summed E-state index contributed by atoms with van der Waals surface area (Å²) in [5, 5.41) is 3.39. The van der Waals surface area contributed by atoms with Crippen molar-refractivity contribution in [2.75, 3.05) is 32.7 Å². The van der Waals surface area contributed by atoms with E-state index in [1.807, 2.05) is 6.07 Å². The smallest absolute Gasteiger partial charge is 0.253 e. The zero-order valence-electron chi connectivity index (χ0n) is 13.9. The van der Waals surface area contributed by atoms with Gasteiger partial charge in [0.05, 0.1) is 0 Å². The second kappa shape index (κ2) is 6.62. The van der Waals surface area contributed by atoms with E-state index in [9.17, 15) is 4.79 Å². The van der Waals surface area contributed by atoms with Crippen LogP contribution in [0.4, 0.5) is 0 Å². The fourth-order valence-electron chi connectivity index (χ4n) is 4.05. The quantitative estimate of drug-likeness (QED) is 0.907. The molecule has 1 aromatic rings. The summed E-state index contributed by atoms with van der Waals surface area (Å²) in [5.41, 5.74) is 3.57. The van der Waals surface area contributed by atoms with E-state index in [2.05, 4.69) is 27.2 Å². The lowest BCUT2D eigenvalue weighted by atomic mass is 9.91. The van der Waals surface area contributed by atoms with E-state index in [0.717, 1.165) is 63.7 Å². The maximum absolute atomic E-state index is 12.9. The van der Waals surface area contributed by atoms with E-state index in [1.165, 1.54) is 30.4 Å². The van der Waals surface area contributed by atoms with Crippen molar-refractivity contribution >= 4 is 5.91 Å². The van der Waals surface area contributed by atoms with Crippen molar-refractivity contribution in [3.63, 3.8) is 0 Å². The molecular weight excluding hydrogens is 286 g/mol. The van der Waals surface area contributed by atoms with Crippen LogP contribution in [0.15, 0.2) is 18.2 Å². The molecule has 23 heavy (non-hydrogen) atoms. The number of amides is 1. The molecule has 1 amide bonds. The maximum atomic E-state index is 12.9. The van der Waals surface area contributed by atoms with Gasteiger partial charge >= 0.3 is 0 Å². The molecule has 3 aliphatic rings. The normalized spacial score (nSPS) is 23.0. The minimum atomic E-state index is 0.224. The van der Waals surface area contributed by atoms with Gasteiger partial charge in [-0.05, 0) is 55.5 Å². The molecule has 4 nitrogen and oxygen atoms in total.